The fourth-order valence-corrected chi connectivity index (χ4v) is 2.13. The van der Waals surface area contributed by atoms with Gasteiger partial charge in [-0.1, -0.05) is 37.6 Å². The van der Waals surface area contributed by atoms with Gasteiger partial charge in [0.25, 0.3) is 5.91 Å². The Bertz CT molecular complexity index is 730. The third-order valence-electron chi connectivity index (χ3n) is 3.27. The van der Waals surface area contributed by atoms with E-state index in [1.807, 2.05) is 24.3 Å². The molecule has 4 nitrogen and oxygen atoms in total. The fraction of sp³-hybridized carbons (Fsp3) is 0.222. The van der Waals surface area contributed by atoms with Gasteiger partial charge in [-0.05, 0) is 41.8 Å². The zero-order valence-electron chi connectivity index (χ0n) is 13.4. The van der Waals surface area contributed by atoms with Gasteiger partial charge in [-0.25, -0.2) is 9.82 Å². The van der Waals surface area contributed by atoms with E-state index >= 15 is 0 Å². The molecule has 0 bridgehead atoms. The van der Waals surface area contributed by atoms with Gasteiger partial charge in [0.05, 0.1) is 11.2 Å². The minimum atomic E-state index is -0.432. The third-order valence-corrected chi connectivity index (χ3v) is 3.60. The van der Waals surface area contributed by atoms with Crippen LogP contribution in [0, 0.1) is 5.82 Å². The van der Waals surface area contributed by atoms with E-state index in [9.17, 15) is 9.18 Å². The summed E-state index contributed by atoms with van der Waals surface area (Å²) in [6.45, 7) is 4.05. The molecule has 0 aliphatic heterocycles. The van der Waals surface area contributed by atoms with Crippen molar-refractivity contribution in [3.8, 4) is 5.75 Å². The SMILES string of the molecule is CC(C)c1ccc(OCC(=O)NN=Cc2ccc(F)cc2Cl)cc1. The number of rotatable bonds is 6. The molecule has 0 atom stereocenters. The number of nitrogens with one attached hydrogen (secondary N) is 1. The summed E-state index contributed by atoms with van der Waals surface area (Å²) in [5.41, 5.74) is 4.03. The van der Waals surface area contributed by atoms with Crippen molar-refractivity contribution in [3.05, 3.63) is 64.4 Å². The number of hydrogen-bond acceptors (Lipinski definition) is 3. The van der Waals surface area contributed by atoms with Gasteiger partial charge in [0.2, 0.25) is 0 Å². The minimum Gasteiger partial charge on any atom is -0.484 e. The van der Waals surface area contributed by atoms with Gasteiger partial charge >= 0.3 is 0 Å². The van der Waals surface area contributed by atoms with Gasteiger partial charge in [0.15, 0.2) is 6.61 Å². The zero-order chi connectivity index (χ0) is 17.5. The molecule has 126 valence electrons. The van der Waals surface area contributed by atoms with E-state index < -0.39 is 11.7 Å². The number of ether oxygens (including phenoxy) is 1. The summed E-state index contributed by atoms with van der Waals surface area (Å²) in [4.78, 5) is 11.7. The van der Waals surface area contributed by atoms with Gasteiger partial charge in [0.1, 0.15) is 11.6 Å². The Balaban J connectivity index is 1.81. The van der Waals surface area contributed by atoms with Crippen LogP contribution in [0.25, 0.3) is 0 Å². The van der Waals surface area contributed by atoms with Crippen LogP contribution < -0.4 is 10.2 Å². The van der Waals surface area contributed by atoms with Crippen LogP contribution in [0.4, 0.5) is 4.39 Å². The Hall–Kier alpha value is -2.40. The van der Waals surface area contributed by atoms with E-state index in [-0.39, 0.29) is 11.6 Å². The maximum atomic E-state index is 12.9. The molecule has 2 aromatic rings. The van der Waals surface area contributed by atoms with E-state index in [0.717, 1.165) is 0 Å². The number of nitrogens with zero attached hydrogens (tertiary/aromatic N) is 1. The molecule has 24 heavy (non-hydrogen) atoms. The largest absolute Gasteiger partial charge is 0.484 e. The van der Waals surface area contributed by atoms with Gasteiger partial charge < -0.3 is 4.74 Å². The van der Waals surface area contributed by atoms with Crippen molar-refractivity contribution in [3.63, 3.8) is 0 Å². The van der Waals surface area contributed by atoms with Crippen LogP contribution in [-0.4, -0.2) is 18.7 Å². The van der Waals surface area contributed by atoms with Crippen molar-refractivity contribution in [1.29, 1.82) is 0 Å². The highest BCUT2D eigenvalue weighted by atomic mass is 35.5. The lowest BCUT2D eigenvalue weighted by Gasteiger charge is -2.08. The average Bonchev–Trinajstić information content (AvgIpc) is 2.55. The van der Waals surface area contributed by atoms with Crippen LogP contribution in [0.5, 0.6) is 5.75 Å². The number of carbonyl (C=O) groups excluding carboxylic acids is 1. The van der Waals surface area contributed by atoms with Crippen molar-refractivity contribution in [1.82, 2.24) is 5.43 Å². The van der Waals surface area contributed by atoms with Gasteiger partial charge in [-0.2, -0.15) is 5.10 Å². The van der Waals surface area contributed by atoms with Crippen LogP contribution in [0.3, 0.4) is 0 Å². The van der Waals surface area contributed by atoms with Gasteiger partial charge in [-0.3, -0.25) is 4.79 Å². The number of hydrogen-bond donors (Lipinski definition) is 1. The number of amides is 1. The second-order valence-electron chi connectivity index (χ2n) is 5.47. The highest BCUT2D eigenvalue weighted by Crippen LogP contribution is 2.18. The van der Waals surface area contributed by atoms with Gasteiger partial charge in [0, 0.05) is 5.56 Å². The molecule has 2 rings (SSSR count). The molecule has 0 aliphatic carbocycles. The van der Waals surface area contributed by atoms with E-state index in [1.54, 1.807) is 0 Å². The van der Waals surface area contributed by atoms with Crippen LogP contribution in [0.2, 0.25) is 5.02 Å². The van der Waals surface area contributed by atoms with Crippen LogP contribution in [0.1, 0.15) is 30.9 Å². The lowest BCUT2D eigenvalue weighted by molar-refractivity contribution is -0.123. The topological polar surface area (TPSA) is 50.7 Å². The first-order chi connectivity index (χ1) is 11.5. The first kappa shape index (κ1) is 17.9. The summed E-state index contributed by atoms with van der Waals surface area (Å²) in [6, 6.07) is 11.5. The summed E-state index contributed by atoms with van der Waals surface area (Å²) in [5.74, 6) is 0.213. The molecule has 0 aliphatic rings. The van der Waals surface area contributed by atoms with Crippen LogP contribution >= 0.6 is 11.6 Å². The molecule has 0 unspecified atom stereocenters. The molecule has 0 saturated heterocycles. The third kappa shape index (κ3) is 5.35. The second-order valence-corrected chi connectivity index (χ2v) is 5.88. The summed E-state index contributed by atoms with van der Waals surface area (Å²) in [5, 5.41) is 3.99. The summed E-state index contributed by atoms with van der Waals surface area (Å²) < 4.78 is 18.3. The Kier molecular flexibility index (Phi) is 6.32. The normalized spacial score (nSPS) is 11.0. The second kappa shape index (κ2) is 8.45. The number of benzene rings is 2. The first-order valence-corrected chi connectivity index (χ1v) is 7.83. The molecule has 0 saturated carbocycles. The van der Waals surface area contributed by atoms with Crippen molar-refractivity contribution in [2.24, 2.45) is 5.10 Å². The first-order valence-electron chi connectivity index (χ1n) is 7.45. The van der Waals surface area contributed by atoms with Gasteiger partial charge in [-0.15, -0.1) is 0 Å². The Morgan fingerprint density at radius 3 is 2.62 bits per heavy atom. The highest BCUT2D eigenvalue weighted by Gasteiger charge is 2.04. The predicted octanol–water partition coefficient (Wildman–Crippen LogP) is 4.13. The zero-order valence-corrected chi connectivity index (χ0v) is 14.2. The van der Waals surface area contributed by atoms with E-state index in [2.05, 4.69) is 24.4 Å². The van der Waals surface area contributed by atoms with E-state index in [4.69, 9.17) is 16.3 Å². The Morgan fingerprint density at radius 1 is 1.29 bits per heavy atom. The molecule has 1 amide bonds. The monoisotopic (exact) mass is 348 g/mol. The predicted molar refractivity (Wildman–Crippen MR) is 93.2 cm³/mol. The molecular formula is C18H18ClFN2O2. The maximum absolute atomic E-state index is 12.9. The van der Waals surface area contributed by atoms with E-state index in [1.165, 1.54) is 30.0 Å². The quantitative estimate of drug-likeness (QED) is 0.630. The average molecular weight is 349 g/mol. The lowest BCUT2D eigenvalue weighted by Crippen LogP contribution is -2.24. The van der Waals surface area contributed by atoms with E-state index in [0.29, 0.717) is 17.2 Å². The number of hydrazone groups is 1. The molecule has 2 aromatic carbocycles. The molecule has 6 heteroatoms. The Labute approximate surface area is 145 Å². The molecule has 0 heterocycles. The van der Waals surface area contributed by atoms with Crippen molar-refractivity contribution in [2.75, 3.05) is 6.61 Å². The van der Waals surface area contributed by atoms with Crippen molar-refractivity contribution < 1.29 is 13.9 Å². The van der Waals surface area contributed by atoms with Crippen molar-refractivity contribution in [2.45, 2.75) is 19.8 Å². The molecule has 1 N–H and O–H groups in total. The summed E-state index contributed by atoms with van der Waals surface area (Å²) >= 11 is 5.85. The number of halogens is 2. The molecular weight excluding hydrogens is 331 g/mol. The Morgan fingerprint density at radius 2 is 2.00 bits per heavy atom. The summed E-state index contributed by atoms with van der Waals surface area (Å²) in [6.07, 6.45) is 1.34. The fourth-order valence-electron chi connectivity index (χ4n) is 1.91. The molecule has 0 radical (unpaired) electrons. The molecule has 0 spiro atoms. The van der Waals surface area contributed by atoms with Crippen LogP contribution in [-0.2, 0) is 4.79 Å². The standard InChI is InChI=1S/C18H18ClFN2O2/c1-12(2)13-4-7-16(8-5-13)24-11-18(23)22-21-10-14-3-6-15(20)9-17(14)19/h3-10,12H,11H2,1-2H3,(H,22,23). The lowest BCUT2D eigenvalue weighted by atomic mass is 10.0. The van der Waals surface area contributed by atoms with Crippen LogP contribution in [0.15, 0.2) is 47.6 Å². The summed E-state index contributed by atoms with van der Waals surface area (Å²) in [7, 11) is 0. The molecule has 0 aromatic heterocycles. The number of carbonyl (C=O) groups is 1. The minimum absolute atomic E-state index is 0.157. The maximum Gasteiger partial charge on any atom is 0.277 e. The smallest absolute Gasteiger partial charge is 0.277 e. The van der Waals surface area contributed by atoms with Crippen molar-refractivity contribution >= 4 is 23.7 Å². The highest BCUT2D eigenvalue weighted by molar-refractivity contribution is 6.33. The molecule has 0 fully saturated rings.